The molecule has 6 heteroatoms. The Hall–Kier alpha value is -1.72. The summed E-state index contributed by atoms with van der Waals surface area (Å²) in [5, 5.41) is 0.317. The third-order valence-electron chi connectivity index (χ3n) is 2.75. The van der Waals surface area contributed by atoms with Crippen LogP contribution in [0, 0.1) is 0 Å². The maximum Gasteiger partial charge on any atom is 0.299 e. The molecule has 0 saturated heterocycles. The van der Waals surface area contributed by atoms with Crippen LogP contribution in [0.25, 0.3) is 0 Å². The number of hydrogen-bond acceptors (Lipinski definition) is 4. The summed E-state index contributed by atoms with van der Waals surface area (Å²) in [6, 6.07) is 5.07. The topological polar surface area (TPSA) is 50.3 Å². The van der Waals surface area contributed by atoms with Gasteiger partial charge in [-0.3, -0.25) is 19.5 Å². The molecule has 0 unspecified atom stereocenters. The lowest BCUT2D eigenvalue weighted by atomic mass is 10.1. The molecule has 0 spiro atoms. The van der Waals surface area contributed by atoms with Gasteiger partial charge in [-0.25, -0.2) is 0 Å². The SMILES string of the molecule is O=C1C(=O)N(Cc2cncs2)c2cccc(Cl)c21. The summed E-state index contributed by atoms with van der Waals surface area (Å²) in [6.07, 6.45) is 1.69. The highest BCUT2D eigenvalue weighted by molar-refractivity contribution is 7.09. The fourth-order valence-electron chi connectivity index (χ4n) is 1.93. The van der Waals surface area contributed by atoms with E-state index < -0.39 is 11.7 Å². The molecular formula is C12H7ClN2O2S. The summed E-state index contributed by atoms with van der Waals surface area (Å²) in [4.78, 5) is 30.1. The highest BCUT2D eigenvalue weighted by atomic mass is 35.5. The molecule has 1 aromatic carbocycles. The van der Waals surface area contributed by atoms with Crippen molar-refractivity contribution in [1.29, 1.82) is 0 Å². The van der Waals surface area contributed by atoms with Gasteiger partial charge in [-0.2, -0.15) is 0 Å². The van der Waals surface area contributed by atoms with Crippen molar-refractivity contribution in [3.8, 4) is 0 Å². The number of carbonyl (C=O) groups excluding carboxylic acids is 2. The van der Waals surface area contributed by atoms with E-state index in [1.165, 1.54) is 16.2 Å². The van der Waals surface area contributed by atoms with Crippen LogP contribution in [0.2, 0.25) is 5.02 Å². The monoisotopic (exact) mass is 278 g/mol. The average Bonchev–Trinajstić information content (AvgIpc) is 2.94. The van der Waals surface area contributed by atoms with E-state index in [2.05, 4.69) is 4.98 Å². The molecule has 0 saturated carbocycles. The first-order valence-electron chi connectivity index (χ1n) is 5.20. The largest absolute Gasteiger partial charge is 0.299 e. The average molecular weight is 279 g/mol. The molecular weight excluding hydrogens is 272 g/mol. The van der Waals surface area contributed by atoms with Crippen LogP contribution in [0.3, 0.4) is 0 Å². The minimum Gasteiger partial charge on any atom is -0.299 e. The van der Waals surface area contributed by atoms with E-state index in [1.807, 2.05) is 0 Å². The maximum absolute atomic E-state index is 11.9. The van der Waals surface area contributed by atoms with E-state index in [4.69, 9.17) is 11.6 Å². The standard InChI is InChI=1S/C12H7ClN2O2S/c13-8-2-1-3-9-10(8)11(16)12(17)15(9)5-7-4-14-6-18-7/h1-4,6H,5H2. The summed E-state index contributed by atoms with van der Waals surface area (Å²) < 4.78 is 0. The number of thiazole rings is 1. The van der Waals surface area contributed by atoms with Crippen LogP contribution in [0.15, 0.2) is 29.9 Å². The second kappa shape index (κ2) is 4.19. The second-order valence-electron chi connectivity index (χ2n) is 3.82. The van der Waals surface area contributed by atoms with Gasteiger partial charge in [0.25, 0.3) is 11.7 Å². The molecule has 0 aliphatic carbocycles. The third-order valence-corrected chi connectivity index (χ3v) is 3.83. The van der Waals surface area contributed by atoms with Crippen molar-refractivity contribution in [1.82, 2.24) is 4.98 Å². The first-order valence-corrected chi connectivity index (χ1v) is 6.46. The Kier molecular flexibility index (Phi) is 2.65. The highest BCUT2D eigenvalue weighted by Crippen LogP contribution is 2.35. The minimum atomic E-state index is -0.542. The number of rotatable bonds is 2. The quantitative estimate of drug-likeness (QED) is 0.793. The number of benzene rings is 1. The second-order valence-corrected chi connectivity index (χ2v) is 5.20. The van der Waals surface area contributed by atoms with E-state index in [-0.39, 0.29) is 0 Å². The fourth-order valence-corrected chi connectivity index (χ4v) is 2.77. The van der Waals surface area contributed by atoms with Gasteiger partial charge in [-0.15, -0.1) is 11.3 Å². The number of Topliss-reactive ketones (excluding diaryl/α,β-unsaturated/α-hetero) is 1. The molecule has 4 nitrogen and oxygen atoms in total. The van der Waals surface area contributed by atoms with Crippen molar-refractivity contribution < 1.29 is 9.59 Å². The first-order chi connectivity index (χ1) is 8.68. The van der Waals surface area contributed by atoms with Crippen LogP contribution in [0.5, 0.6) is 0 Å². The lowest BCUT2D eigenvalue weighted by Gasteiger charge is -2.14. The molecule has 0 atom stereocenters. The smallest absolute Gasteiger partial charge is 0.299 e. The lowest BCUT2D eigenvalue weighted by molar-refractivity contribution is -0.114. The molecule has 0 bridgehead atoms. The van der Waals surface area contributed by atoms with E-state index in [9.17, 15) is 9.59 Å². The molecule has 0 radical (unpaired) electrons. The van der Waals surface area contributed by atoms with Crippen LogP contribution >= 0.6 is 22.9 Å². The number of ketones is 1. The van der Waals surface area contributed by atoms with E-state index in [0.717, 1.165) is 4.88 Å². The van der Waals surface area contributed by atoms with Gasteiger partial charge in [0.2, 0.25) is 0 Å². The van der Waals surface area contributed by atoms with Gasteiger partial charge >= 0.3 is 0 Å². The van der Waals surface area contributed by atoms with Gasteiger partial charge in [0.05, 0.1) is 28.3 Å². The van der Waals surface area contributed by atoms with E-state index in [0.29, 0.717) is 22.8 Å². The number of carbonyl (C=O) groups is 2. The Balaban J connectivity index is 2.05. The molecule has 0 fully saturated rings. The summed E-state index contributed by atoms with van der Waals surface area (Å²) >= 11 is 7.41. The number of hydrogen-bond donors (Lipinski definition) is 0. The van der Waals surface area contributed by atoms with Crippen molar-refractivity contribution in [3.05, 3.63) is 45.4 Å². The third kappa shape index (κ3) is 1.63. The predicted octanol–water partition coefficient (Wildman–Crippen LogP) is 2.53. The van der Waals surface area contributed by atoms with Crippen LogP contribution in [-0.4, -0.2) is 16.7 Å². The molecule has 18 heavy (non-hydrogen) atoms. The molecule has 90 valence electrons. The molecule has 1 amide bonds. The Morgan fingerprint density at radius 2 is 2.17 bits per heavy atom. The Labute approximate surface area is 112 Å². The summed E-state index contributed by atoms with van der Waals surface area (Å²) in [7, 11) is 0. The summed E-state index contributed by atoms with van der Waals surface area (Å²) in [5.74, 6) is -1.08. The summed E-state index contributed by atoms with van der Waals surface area (Å²) in [6.45, 7) is 0.350. The van der Waals surface area contributed by atoms with Gasteiger partial charge in [0.15, 0.2) is 0 Å². The Morgan fingerprint density at radius 3 is 2.89 bits per heavy atom. The molecule has 1 aromatic heterocycles. The van der Waals surface area contributed by atoms with Crippen LogP contribution < -0.4 is 4.90 Å². The lowest BCUT2D eigenvalue weighted by Crippen LogP contribution is -2.28. The Morgan fingerprint density at radius 1 is 1.33 bits per heavy atom. The normalized spacial score (nSPS) is 14.2. The van der Waals surface area contributed by atoms with Crippen LogP contribution in [0.4, 0.5) is 5.69 Å². The molecule has 2 heterocycles. The maximum atomic E-state index is 11.9. The van der Waals surface area contributed by atoms with Crippen molar-refractivity contribution in [2.24, 2.45) is 0 Å². The summed E-state index contributed by atoms with van der Waals surface area (Å²) in [5.41, 5.74) is 2.57. The fraction of sp³-hybridized carbons (Fsp3) is 0.0833. The van der Waals surface area contributed by atoms with Crippen molar-refractivity contribution in [2.45, 2.75) is 6.54 Å². The number of anilines is 1. The van der Waals surface area contributed by atoms with E-state index in [1.54, 1.807) is 29.9 Å². The first kappa shape index (κ1) is 11.4. The Bertz CT molecular complexity index is 640. The van der Waals surface area contributed by atoms with Crippen LogP contribution in [-0.2, 0) is 11.3 Å². The van der Waals surface area contributed by atoms with Crippen LogP contribution in [0.1, 0.15) is 15.2 Å². The van der Waals surface area contributed by atoms with E-state index >= 15 is 0 Å². The van der Waals surface area contributed by atoms with Gasteiger partial charge in [-0.05, 0) is 12.1 Å². The number of nitrogens with zero attached hydrogens (tertiary/aromatic N) is 2. The molecule has 0 N–H and O–H groups in total. The molecule has 3 rings (SSSR count). The zero-order chi connectivity index (χ0) is 12.7. The zero-order valence-corrected chi connectivity index (χ0v) is 10.7. The molecule has 1 aliphatic rings. The van der Waals surface area contributed by atoms with Gasteiger partial charge in [-0.1, -0.05) is 17.7 Å². The molecule has 1 aliphatic heterocycles. The zero-order valence-electron chi connectivity index (χ0n) is 9.09. The van der Waals surface area contributed by atoms with Gasteiger partial charge < -0.3 is 0 Å². The highest BCUT2D eigenvalue weighted by Gasteiger charge is 2.37. The number of amides is 1. The number of fused-ring (bicyclic) bond motifs is 1. The van der Waals surface area contributed by atoms with Crippen molar-refractivity contribution in [2.75, 3.05) is 4.90 Å². The van der Waals surface area contributed by atoms with Gasteiger partial charge in [0, 0.05) is 11.1 Å². The van der Waals surface area contributed by atoms with Crippen molar-refractivity contribution in [3.63, 3.8) is 0 Å². The minimum absolute atomic E-state index is 0.300. The molecule has 2 aromatic rings. The number of halogens is 1. The predicted molar refractivity (Wildman–Crippen MR) is 69.1 cm³/mol. The number of aromatic nitrogens is 1. The van der Waals surface area contributed by atoms with Gasteiger partial charge in [0.1, 0.15) is 0 Å². The van der Waals surface area contributed by atoms with Crippen molar-refractivity contribution >= 4 is 40.3 Å².